The molecule has 1 aromatic heterocycles. The lowest BCUT2D eigenvalue weighted by molar-refractivity contribution is 0.519. The van der Waals surface area contributed by atoms with Crippen molar-refractivity contribution < 1.29 is 0 Å². The van der Waals surface area contributed by atoms with Gasteiger partial charge in [-0.3, -0.25) is 4.68 Å². The van der Waals surface area contributed by atoms with Crippen LogP contribution in [-0.2, 0) is 13.6 Å². The van der Waals surface area contributed by atoms with Crippen LogP contribution in [-0.4, -0.2) is 27.8 Å². The number of nitrogens with one attached hydrogen (secondary N) is 1. The van der Waals surface area contributed by atoms with Crippen LogP contribution >= 0.6 is 11.8 Å². The van der Waals surface area contributed by atoms with Crippen molar-refractivity contribution >= 4 is 22.7 Å². The number of hydrogen-bond acceptors (Lipinski definition) is 3. The van der Waals surface area contributed by atoms with Crippen LogP contribution in [0.15, 0.2) is 24.3 Å². The van der Waals surface area contributed by atoms with Crippen LogP contribution < -0.4 is 5.32 Å². The summed E-state index contributed by atoms with van der Waals surface area (Å²) in [4.78, 5) is 0. The molecule has 4 heteroatoms. The van der Waals surface area contributed by atoms with Crippen molar-refractivity contribution in [3.8, 4) is 0 Å². The fourth-order valence-corrected chi connectivity index (χ4v) is 3.84. The molecule has 2 heterocycles. The number of aromatic nitrogens is 2. The molecule has 1 aliphatic rings. The molecule has 0 aliphatic carbocycles. The van der Waals surface area contributed by atoms with Crippen LogP contribution in [0.25, 0.3) is 10.9 Å². The van der Waals surface area contributed by atoms with Gasteiger partial charge in [0.2, 0.25) is 0 Å². The average Bonchev–Trinajstić information content (AvgIpc) is 3.00. The van der Waals surface area contributed by atoms with Crippen molar-refractivity contribution in [3.63, 3.8) is 0 Å². The summed E-state index contributed by atoms with van der Waals surface area (Å²) in [6.07, 6.45) is 1.36. The van der Waals surface area contributed by atoms with Gasteiger partial charge < -0.3 is 5.32 Å². The van der Waals surface area contributed by atoms with Gasteiger partial charge in [0.25, 0.3) is 0 Å². The molecule has 0 saturated carbocycles. The summed E-state index contributed by atoms with van der Waals surface area (Å²) in [5.74, 6) is 3.50. The van der Waals surface area contributed by atoms with Gasteiger partial charge >= 0.3 is 0 Å². The third-order valence-corrected chi connectivity index (χ3v) is 4.82. The van der Waals surface area contributed by atoms with Crippen molar-refractivity contribution in [2.45, 2.75) is 13.0 Å². The summed E-state index contributed by atoms with van der Waals surface area (Å²) < 4.78 is 1.97. The zero-order valence-electron chi connectivity index (χ0n) is 10.7. The van der Waals surface area contributed by atoms with Crippen molar-refractivity contribution in [1.29, 1.82) is 0 Å². The highest BCUT2D eigenvalue weighted by Gasteiger charge is 2.15. The first-order chi connectivity index (χ1) is 8.84. The minimum absolute atomic E-state index is 0.852. The summed E-state index contributed by atoms with van der Waals surface area (Å²) in [6.45, 7) is 2.00. The van der Waals surface area contributed by atoms with Crippen LogP contribution in [0.4, 0.5) is 0 Å². The van der Waals surface area contributed by atoms with E-state index in [2.05, 4.69) is 46.4 Å². The number of nitrogens with zero attached hydrogens (tertiary/aromatic N) is 2. The summed E-state index contributed by atoms with van der Waals surface area (Å²) in [5, 5.41) is 9.43. The van der Waals surface area contributed by atoms with Crippen molar-refractivity contribution in [3.05, 3.63) is 30.0 Å². The average molecular weight is 261 g/mol. The molecule has 3 rings (SSSR count). The van der Waals surface area contributed by atoms with Gasteiger partial charge in [-0.25, -0.2) is 0 Å². The summed E-state index contributed by atoms with van der Waals surface area (Å²) in [6, 6.07) is 8.43. The Morgan fingerprint density at radius 2 is 2.33 bits per heavy atom. The van der Waals surface area contributed by atoms with Gasteiger partial charge in [-0.1, -0.05) is 18.2 Å². The lowest BCUT2D eigenvalue weighted by Crippen LogP contribution is -2.22. The van der Waals surface area contributed by atoms with Gasteiger partial charge in [0.1, 0.15) is 0 Å². The van der Waals surface area contributed by atoms with Crippen molar-refractivity contribution in [2.24, 2.45) is 13.0 Å². The van der Waals surface area contributed by atoms with E-state index in [1.165, 1.54) is 34.5 Å². The second-order valence-corrected chi connectivity index (χ2v) is 6.10. The van der Waals surface area contributed by atoms with Crippen LogP contribution in [0.3, 0.4) is 0 Å². The van der Waals surface area contributed by atoms with E-state index >= 15 is 0 Å². The summed E-state index contributed by atoms with van der Waals surface area (Å²) in [7, 11) is 2.01. The first kappa shape index (κ1) is 12.1. The Kier molecular flexibility index (Phi) is 3.57. The number of benzene rings is 1. The molecule has 3 nitrogen and oxygen atoms in total. The Hall–Kier alpha value is -1.00. The van der Waals surface area contributed by atoms with Crippen molar-refractivity contribution in [2.75, 3.05) is 18.1 Å². The van der Waals surface area contributed by atoms with E-state index in [1.54, 1.807) is 0 Å². The number of para-hydroxylation sites is 1. The molecule has 1 atom stereocenters. The van der Waals surface area contributed by atoms with E-state index in [4.69, 9.17) is 0 Å². The largest absolute Gasteiger partial charge is 0.311 e. The first-order valence-corrected chi connectivity index (χ1v) is 7.69. The fourth-order valence-electron chi connectivity index (χ4n) is 2.56. The summed E-state index contributed by atoms with van der Waals surface area (Å²) in [5.41, 5.74) is 2.38. The highest BCUT2D eigenvalue weighted by molar-refractivity contribution is 7.99. The number of rotatable bonds is 4. The molecule has 2 aromatic rings. The fraction of sp³-hybridized carbons (Fsp3) is 0.500. The number of thioether (sulfide) groups is 1. The van der Waals surface area contributed by atoms with Gasteiger partial charge in [0.05, 0.1) is 11.2 Å². The van der Waals surface area contributed by atoms with Crippen LogP contribution in [0, 0.1) is 5.92 Å². The maximum absolute atomic E-state index is 4.60. The second-order valence-electron chi connectivity index (χ2n) is 4.95. The van der Waals surface area contributed by atoms with E-state index in [1.807, 2.05) is 11.7 Å². The molecule has 1 saturated heterocycles. The first-order valence-electron chi connectivity index (χ1n) is 6.53. The molecule has 1 N–H and O–H groups in total. The van der Waals surface area contributed by atoms with Gasteiger partial charge in [-0.15, -0.1) is 0 Å². The Morgan fingerprint density at radius 1 is 1.44 bits per heavy atom. The lowest BCUT2D eigenvalue weighted by Gasteiger charge is -2.08. The molecule has 0 radical (unpaired) electrons. The molecular formula is C14H19N3S. The van der Waals surface area contributed by atoms with Gasteiger partial charge in [0, 0.05) is 19.0 Å². The quantitative estimate of drug-likeness (QED) is 0.916. The Morgan fingerprint density at radius 3 is 3.17 bits per heavy atom. The number of hydrogen-bond donors (Lipinski definition) is 1. The Balaban J connectivity index is 1.67. The zero-order valence-corrected chi connectivity index (χ0v) is 11.5. The van der Waals surface area contributed by atoms with E-state index < -0.39 is 0 Å². The molecule has 0 amide bonds. The van der Waals surface area contributed by atoms with Gasteiger partial charge in [0.15, 0.2) is 0 Å². The summed E-state index contributed by atoms with van der Waals surface area (Å²) >= 11 is 2.08. The zero-order chi connectivity index (χ0) is 12.4. The molecule has 1 aliphatic heterocycles. The Labute approximate surface area is 112 Å². The topological polar surface area (TPSA) is 29.9 Å². The monoisotopic (exact) mass is 261 g/mol. The van der Waals surface area contributed by atoms with Gasteiger partial charge in [-0.2, -0.15) is 16.9 Å². The lowest BCUT2D eigenvalue weighted by atomic mass is 10.1. The number of fused-ring (bicyclic) bond motifs is 1. The normalized spacial score (nSPS) is 19.7. The molecule has 0 spiro atoms. The molecule has 96 valence electrons. The minimum Gasteiger partial charge on any atom is -0.311 e. The van der Waals surface area contributed by atoms with Crippen LogP contribution in [0.1, 0.15) is 12.1 Å². The third kappa shape index (κ3) is 2.40. The predicted octanol–water partition coefficient (Wildman–Crippen LogP) is 2.42. The van der Waals surface area contributed by atoms with Gasteiger partial charge in [-0.05, 0) is 36.5 Å². The van der Waals surface area contributed by atoms with E-state index in [0.29, 0.717) is 0 Å². The minimum atomic E-state index is 0.852. The molecule has 1 unspecified atom stereocenters. The highest BCUT2D eigenvalue weighted by atomic mass is 32.2. The smallest absolute Gasteiger partial charge is 0.0841 e. The Bertz CT molecular complexity index is 529. The molecular weight excluding hydrogens is 242 g/mol. The SMILES string of the molecule is Cn1nc(CNCC2CCSC2)c2ccccc21. The maximum Gasteiger partial charge on any atom is 0.0841 e. The van der Waals surface area contributed by atoms with Crippen LogP contribution in [0.5, 0.6) is 0 Å². The molecule has 18 heavy (non-hydrogen) atoms. The number of aryl methyl sites for hydroxylation is 1. The molecule has 1 aromatic carbocycles. The van der Waals surface area contributed by atoms with Crippen LogP contribution in [0.2, 0.25) is 0 Å². The highest BCUT2D eigenvalue weighted by Crippen LogP contribution is 2.23. The van der Waals surface area contributed by atoms with E-state index in [-0.39, 0.29) is 0 Å². The maximum atomic E-state index is 4.60. The standard InChI is InChI=1S/C14H19N3S/c1-17-14-5-3-2-4-12(14)13(16-17)9-15-8-11-6-7-18-10-11/h2-5,11,15H,6-10H2,1H3. The predicted molar refractivity (Wildman–Crippen MR) is 77.9 cm³/mol. The molecule has 1 fully saturated rings. The second kappa shape index (κ2) is 5.33. The molecule has 0 bridgehead atoms. The van der Waals surface area contributed by atoms with E-state index in [0.717, 1.165) is 19.0 Å². The van der Waals surface area contributed by atoms with E-state index in [9.17, 15) is 0 Å². The third-order valence-electron chi connectivity index (χ3n) is 3.58. The van der Waals surface area contributed by atoms with Crippen molar-refractivity contribution in [1.82, 2.24) is 15.1 Å².